The highest BCUT2D eigenvalue weighted by Crippen LogP contribution is 2.24. The molecule has 0 bridgehead atoms. The molecule has 0 atom stereocenters. The normalized spacial score (nSPS) is 14.8. The average molecular weight is 363 g/mol. The number of rotatable bonds is 7. The van der Waals surface area contributed by atoms with Crippen LogP contribution in [0.2, 0.25) is 0 Å². The molecule has 1 aromatic carbocycles. The van der Waals surface area contributed by atoms with Gasteiger partial charge in [-0.3, -0.25) is 4.79 Å². The molecule has 0 saturated heterocycles. The number of imidazole rings is 1. The molecule has 1 fully saturated rings. The van der Waals surface area contributed by atoms with Gasteiger partial charge in [0.2, 0.25) is 5.91 Å². The Kier molecular flexibility index (Phi) is 6.09. The van der Waals surface area contributed by atoms with Gasteiger partial charge in [0.25, 0.3) is 0 Å². The van der Waals surface area contributed by atoms with Crippen LogP contribution in [-0.2, 0) is 23.7 Å². The van der Waals surface area contributed by atoms with Gasteiger partial charge in [-0.05, 0) is 24.5 Å². The van der Waals surface area contributed by atoms with E-state index in [4.69, 9.17) is 0 Å². The summed E-state index contributed by atoms with van der Waals surface area (Å²) in [6.07, 6.45) is 5.92. The van der Waals surface area contributed by atoms with E-state index in [-0.39, 0.29) is 30.9 Å². The van der Waals surface area contributed by atoms with Gasteiger partial charge in [-0.15, -0.1) is 0 Å². The van der Waals surface area contributed by atoms with Crippen LogP contribution in [0.25, 0.3) is 0 Å². The summed E-state index contributed by atoms with van der Waals surface area (Å²) in [6.45, 7) is -0.0734. The molecular weight excluding hydrogens is 341 g/mol. The molecule has 1 aliphatic rings. The summed E-state index contributed by atoms with van der Waals surface area (Å²) in [5.41, 5.74) is 1.17. The number of hydrogen-bond donors (Lipinski definition) is 2. The van der Waals surface area contributed by atoms with Gasteiger partial charge in [-0.25, -0.2) is 9.37 Å². The van der Waals surface area contributed by atoms with Crippen LogP contribution in [0, 0.1) is 5.82 Å². The molecule has 0 radical (unpaired) electrons. The Hall–Kier alpha value is -1.86. The molecule has 1 aromatic heterocycles. The molecule has 1 aliphatic carbocycles. The molecule has 5 nitrogen and oxygen atoms in total. The lowest BCUT2D eigenvalue weighted by Crippen LogP contribution is -2.35. The molecule has 3 rings (SSSR count). The van der Waals surface area contributed by atoms with Crippen molar-refractivity contribution in [1.29, 1.82) is 0 Å². The van der Waals surface area contributed by atoms with E-state index in [1.807, 2.05) is 0 Å². The fraction of sp³-hybridized carbons (Fsp3) is 0.444. The molecule has 1 heterocycles. The molecule has 2 aromatic rings. The highest BCUT2D eigenvalue weighted by atomic mass is 32.2. The number of hydrogen-bond acceptors (Lipinski definition) is 4. The fourth-order valence-corrected chi connectivity index (χ4v) is 4.03. The zero-order chi connectivity index (χ0) is 17.6. The Labute approximate surface area is 150 Å². The van der Waals surface area contributed by atoms with Gasteiger partial charge in [0.1, 0.15) is 12.4 Å². The maximum absolute atomic E-state index is 13.8. The first kappa shape index (κ1) is 17.9. The Morgan fingerprint density at radius 1 is 1.36 bits per heavy atom. The molecule has 7 heteroatoms. The first-order valence-electron chi connectivity index (χ1n) is 8.48. The SMILES string of the molecule is O=C(Cn1c(CO)cnc1SCc1ccccc1F)NC1CCCC1. The third-order valence-corrected chi connectivity index (χ3v) is 5.44. The Morgan fingerprint density at radius 2 is 2.12 bits per heavy atom. The van der Waals surface area contributed by atoms with Crippen molar-refractivity contribution in [2.75, 3.05) is 0 Å². The molecule has 1 amide bonds. The van der Waals surface area contributed by atoms with Crippen LogP contribution in [0.15, 0.2) is 35.6 Å². The van der Waals surface area contributed by atoms with Crippen LogP contribution in [0.1, 0.15) is 36.9 Å². The fourth-order valence-electron chi connectivity index (χ4n) is 3.05. The maximum atomic E-state index is 13.8. The molecule has 2 N–H and O–H groups in total. The second kappa shape index (κ2) is 8.49. The summed E-state index contributed by atoms with van der Waals surface area (Å²) in [6, 6.07) is 6.86. The van der Waals surface area contributed by atoms with Crippen molar-refractivity contribution in [2.45, 2.75) is 55.8 Å². The predicted molar refractivity (Wildman–Crippen MR) is 94.5 cm³/mol. The monoisotopic (exact) mass is 363 g/mol. The molecule has 134 valence electrons. The van der Waals surface area contributed by atoms with Crippen molar-refractivity contribution in [3.8, 4) is 0 Å². The molecule has 1 saturated carbocycles. The number of nitrogens with zero attached hydrogens (tertiary/aromatic N) is 2. The number of aliphatic hydroxyl groups excluding tert-OH is 1. The van der Waals surface area contributed by atoms with E-state index in [1.54, 1.807) is 29.0 Å². The third kappa shape index (κ3) is 4.61. The van der Waals surface area contributed by atoms with Crippen LogP contribution >= 0.6 is 11.8 Å². The third-order valence-electron chi connectivity index (χ3n) is 4.40. The van der Waals surface area contributed by atoms with Crippen molar-refractivity contribution in [1.82, 2.24) is 14.9 Å². The van der Waals surface area contributed by atoms with Gasteiger partial charge in [0, 0.05) is 11.8 Å². The number of carbonyl (C=O) groups is 1. The number of aromatic nitrogens is 2. The first-order chi connectivity index (χ1) is 12.2. The standard InChI is InChI=1S/C18H22FN3O2S/c19-16-8-4-1-5-13(16)12-25-18-20-9-15(11-23)22(18)10-17(24)21-14-6-2-3-7-14/h1,4-5,8-9,14,23H,2-3,6-7,10-12H2,(H,21,24). The lowest BCUT2D eigenvalue weighted by molar-refractivity contribution is -0.122. The van der Waals surface area contributed by atoms with Crippen molar-refractivity contribution in [2.24, 2.45) is 0 Å². The van der Waals surface area contributed by atoms with Crippen molar-refractivity contribution < 1.29 is 14.3 Å². The van der Waals surface area contributed by atoms with E-state index in [0.29, 0.717) is 22.2 Å². The first-order valence-corrected chi connectivity index (χ1v) is 9.46. The number of halogens is 1. The molecule has 0 aliphatic heterocycles. The Morgan fingerprint density at radius 3 is 2.84 bits per heavy atom. The van der Waals surface area contributed by atoms with Crippen molar-refractivity contribution >= 4 is 17.7 Å². The lowest BCUT2D eigenvalue weighted by atomic mass is 10.2. The molecular formula is C18H22FN3O2S. The maximum Gasteiger partial charge on any atom is 0.240 e. The van der Waals surface area contributed by atoms with E-state index >= 15 is 0 Å². The number of thioether (sulfide) groups is 1. The summed E-state index contributed by atoms with van der Waals surface area (Å²) < 4.78 is 15.5. The van der Waals surface area contributed by atoms with E-state index in [2.05, 4.69) is 10.3 Å². The zero-order valence-corrected chi connectivity index (χ0v) is 14.8. The van der Waals surface area contributed by atoms with Crippen LogP contribution in [0.3, 0.4) is 0 Å². The van der Waals surface area contributed by atoms with Crippen LogP contribution in [0.5, 0.6) is 0 Å². The minimum Gasteiger partial charge on any atom is -0.390 e. The van der Waals surface area contributed by atoms with Gasteiger partial charge < -0.3 is 15.0 Å². The number of nitrogens with one attached hydrogen (secondary N) is 1. The van der Waals surface area contributed by atoms with Crippen molar-refractivity contribution in [3.63, 3.8) is 0 Å². The summed E-state index contributed by atoms with van der Waals surface area (Å²) in [5, 5.41) is 13.1. The minimum atomic E-state index is -0.255. The summed E-state index contributed by atoms with van der Waals surface area (Å²) in [5.74, 6) is 0.0838. The van der Waals surface area contributed by atoms with Crippen molar-refractivity contribution in [3.05, 3.63) is 47.5 Å². The van der Waals surface area contributed by atoms with Gasteiger partial charge >= 0.3 is 0 Å². The highest BCUT2D eigenvalue weighted by Gasteiger charge is 2.19. The highest BCUT2D eigenvalue weighted by molar-refractivity contribution is 7.98. The second-order valence-electron chi connectivity index (χ2n) is 6.21. The molecule has 25 heavy (non-hydrogen) atoms. The number of amides is 1. The summed E-state index contributed by atoms with van der Waals surface area (Å²) in [7, 11) is 0. The summed E-state index contributed by atoms with van der Waals surface area (Å²) in [4.78, 5) is 16.6. The van der Waals surface area contributed by atoms with Gasteiger partial charge in [0.05, 0.1) is 18.5 Å². The minimum absolute atomic E-state index is 0.0765. The second-order valence-corrected chi connectivity index (χ2v) is 7.15. The number of benzene rings is 1. The Bertz CT molecular complexity index is 729. The smallest absolute Gasteiger partial charge is 0.240 e. The molecule has 0 spiro atoms. The number of aliphatic hydroxyl groups is 1. The lowest BCUT2D eigenvalue weighted by Gasteiger charge is -2.14. The number of carbonyl (C=O) groups excluding carboxylic acids is 1. The predicted octanol–water partition coefficient (Wildman–Crippen LogP) is 2.87. The van der Waals surface area contributed by atoms with E-state index in [0.717, 1.165) is 25.7 Å². The average Bonchev–Trinajstić information content (AvgIpc) is 3.24. The van der Waals surface area contributed by atoms with E-state index < -0.39 is 0 Å². The molecule has 0 unspecified atom stereocenters. The Balaban J connectivity index is 1.66. The quantitative estimate of drug-likeness (QED) is 0.743. The topological polar surface area (TPSA) is 67.2 Å². The van der Waals surface area contributed by atoms with Crippen LogP contribution in [-0.4, -0.2) is 26.6 Å². The van der Waals surface area contributed by atoms with Gasteiger partial charge in [-0.2, -0.15) is 0 Å². The van der Waals surface area contributed by atoms with E-state index in [1.165, 1.54) is 17.8 Å². The van der Waals surface area contributed by atoms with E-state index in [9.17, 15) is 14.3 Å². The summed E-state index contributed by atoms with van der Waals surface area (Å²) >= 11 is 1.36. The zero-order valence-electron chi connectivity index (χ0n) is 13.9. The largest absolute Gasteiger partial charge is 0.390 e. The van der Waals surface area contributed by atoms with Crippen LogP contribution in [0.4, 0.5) is 4.39 Å². The van der Waals surface area contributed by atoms with Gasteiger partial charge in [-0.1, -0.05) is 42.8 Å². The van der Waals surface area contributed by atoms with Gasteiger partial charge in [0.15, 0.2) is 5.16 Å². The van der Waals surface area contributed by atoms with Crippen LogP contribution < -0.4 is 5.32 Å².